The third kappa shape index (κ3) is 4.65. The van der Waals surface area contributed by atoms with Gasteiger partial charge in [-0.2, -0.15) is 0 Å². The fraction of sp³-hybridized carbons (Fsp3) is 0.417. The van der Waals surface area contributed by atoms with Crippen molar-refractivity contribution >= 4 is 17.6 Å². The molecule has 1 aromatic carbocycles. The number of aromatic nitrogens is 4. The van der Waals surface area contributed by atoms with Gasteiger partial charge in [0.05, 0.1) is 17.9 Å². The zero-order chi connectivity index (χ0) is 22.9. The Kier molecular flexibility index (Phi) is 5.97. The summed E-state index contributed by atoms with van der Waals surface area (Å²) in [6, 6.07) is 7.89. The van der Waals surface area contributed by atoms with Crippen LogP contribution in [0.25, 0.3) is 5.69 Å². The second-order valence-corrected chi connectivity index (χ2v) is 8.90. The maximum atomic E-state index is 11.3. The molecule has 4 rings (SSSR count). The molecule has 1 aliphatic carbocycles. The lowest BCUT2D eigenvalue weighted by atomic mass is 9.73. The smallest absolute Gasteiger partial charge is 0.306 e. The monoisotopic (exact) mass is 435 g/mol. The van der Waals surface area contributed by atoms with Crippen LogP contribution in [0.15, 0.2) is 43.0 Å². The first-order valence-corrected chi connectivity index (χ1v) is 10.9. The maximum absolute atomic E-state index is 11.3. The number of nitrogens with zero attached hydrogens (tertiary/aromatic N) is 4. The summed E-state index contributed by atoms with van der Waals surface area (Å²) in [7, 11) is 0. The summed E-state index contributed by atoms with van der Waals surface area (Å²) in [4.78, 5) is 24.4. The zero-order valence-electron chi connectivity index (χ0n) is 18.6. The van der Waals surface area contributed by atoms with E-state index < -0.39 is 11.6 Å². The summed E-state index contributed by atoms with van der Waals surface area (Å²) < 4.78 is 1.89. The van der Waals surface area contributed by atoms with Crippen LogP contribution in [0.1, 0.15) is 49.6 Å². The van der Waals surface area contributed by atoms with Crippen molar-refractivity contribution in [2.45, 2.75) is 52.1 Å². The molecule has 168 valence electrons. The SMILES string of the molecule is Cc1cc(Nc2nccc(C)n2)cc(-n2cnc(C(C)(O)C3CCC(C(=O)O)CC3)c2)c1. The number of anilines is 2. The first-order chi connectivity index (χ1) is 15.2. The molecule has 0 spiro atoms. The first-order valence-electron chi connectivity index (χ1n) is 10.9. The summed E-state index contributed by atoms with van der Waals surface area (Å²) in [5.41, 5.74) is 3.19. The number of imidazole rings is 1. The number of carboxylic acids is 1. The number of carboxylic acid groups (broad SMARTS) is 1. The average molecular weight is 436 g/mol. The van der Waals surface area contributed by atoms with Gasteiger partial charge in [0.1, 0.15) is 5.60 Å². The molecule has 2 aromatic heterocycles. The molecule has 0 aliphatic heterocycles. The highest BCUT2D eigenvalue weighted by Gasteiger charge is 2.39. The molecule has 1 unspecified atom stereocenters. The molecule has 0 radical (unpaired) electrons. The Morgan fingerprint density at radius 3 is 2.59 bits per heavy atom. The number of nitrogens with one attached hydrogen (secondary N) is 1. The van der Waals surface area contributed by atoms with E-state index in [1.54, 1.807) is 19.4 Å². The Morgan fingerprint density at radius 1 is 1.16 bits per heavy atom. The van der Waals surface area contributed by atoms with E-state index in [-0.39, 0.29) is 11.8 Å². The number of aliphatic carboxylic acids is 1. The van der Waals surface area contributed by atoms with Gasteiger partial charge in [0, 0.05) is 29.5 Å². The third-order valence-electron chi connectivity index (χ3n) is 6.38. The van der Waals surface area contributed by atoms with Gasteiger partial charge in [-0.25, -0.2) is 15.0 Å². The lowest BCUT2D eigenvalue weighted by Crippen LogP contribution is -2.36. The molecule has 1 atom stereocenters. The number of carbonyl (C=O) groups is 1. The van der Waals surface area contributed by atoms with Crippen LogP contribution >= 0.6 is 0 Å². The molecule has 0 amide bonds. The van der Waals surface area contributed by atoms with E-state index in [9.17, 15) is 15.0 Å². The topological polar surface area (TPSA) is 113 Å². The van der Waals surface area contributed by atoms with Crippen LogP contribution in [0, 0.1) is 25.7 Å². The van der Waals surface area contributed by atoms with Gasteiger partial charge in [-0.15, -0.1) is 0 Å². The van der Waals surface area contributed by atoms with Gasteiger partial charge in [0.25, 0.3) is 0 Å². The fourth-order valence-electron chi connectivity index (χ4n) is 4.46. The van der Waals surface area contributed by atoms with Crippen LogP contribution in [-0.2, 0) is 10.4 Å². The van der Waals surface area contributed by atoms with Crippen molar-refractivity contribution in [2.24, 2.45) is 11.8 Å². The highest BCUT2D eigenvalue weighted by atomic mass is 16.4. The highest BCUT2D eigenvalue weighted by Crippen LogP contribution is 2.40. The summed E-state index contributed by atoms with van der Waals surface area (Å²) >= 11 is 0. The molecule has 8 heteroatoms. The summed E-state index contributed by atoms with van der Waals surface area (Å²) in [6.45, 7) is 5.71. The molecule has 8 nitrogen and oxygen atoms in total. The molecule has 3 aromatic rings. The van der Waals surface area contributed by atoms with Crippen molar-refractivity contribution in [2.75, 3.05) is 5.32 Å². The Balaban J connectivity index is 1.54. The van der Waals surface area contributed by atoms with Crippen LogP contribution in [0.5, 0.6) is 0 Å². The second-order valence-electron chi connectivity index (χ2n) is 8.90. The van der Waals surface area contributed by atoms with Gasteiger partial charge in [0.2, 0.25) is 5.95 Å². The standard InChI is InChI=1S/C24H29N5O3/c1-15-10-19(28-23-25-9-8-16(2)27-23)12-20(11-15)29-13-21(26-14-29)24(3,32)18-6-4-17(5-7-18)22(30)31/h8-14,17-18,32H,4-7H2,1-3H3,(H,30,31)(H,25,27,28). The zero-order valence-corrected chi connectivity index (χ0v) is 18.6. The van der Waals surface area contributed by atoms with Crippen molar-refractivity contribution in [3.05, 3.63) is 59.9 Å². The molecule has 2 heterocycles. The number of aliphatic hydroxyl groups is 1. The van der Waals surface area contributed by atoms with Crippen molar-refractivity contribution < 1.29 is 15.0 Å². The molecule has 1 saturated carbocycles. The van der Waals surface area contributed by atoms with Crippen LogP contribution in [0.2, 0.25) is 0 Å². The van der Waals surface area contributed by atoms with Crippen molar-refractivity contribution in [3.8, 4) is 5.69 Å². The minimum atomic E-state index is -1.12. The molecule has 1 aliphatic rings. The fourth-order valence-corrected chi connectivity index (χ4v) is 4.46. The van der Waals surface area contributed by atoms with Crippen LogP contribution in [0.3, 0.4) is 0 Å². The second kappa shape index (κ2) is 8.70. The molecule has 32 heavy (non-hydrogen) atoms. The van der Waals surface area contributed by atoms with E-state index in [4.69, 9.17) is 0 Å². The molecule has 0 saturated heterocycles. The Bertz CT molecular complexity index is 1120. The molecular weight excluding hydrogens is 406 g/mol. The number of rotatable bonds is 6. The van der Waals surface area contributed by atoms with Crippen molar-refractivity contribution in [1.29, 1.82) is 0 Å². The highest BCUT2D eigenvalue weighted by molar-refractivity contribution is 5.70. The Hall–Kier alpha value is -3.26. The van der Waals surface area contributed by atoms with E-state index in [1.807, 2.05) is 48.9 Å². The third-order valence-corrected chi connectivity index (χ3v) is 6.38. The lowest BCUT2D eigenvalue weighted by Gasteiger charge is -2.36. The van der Waals surface area contributed by atoms with Crippen LogP contribution < -0.4 is 5.32 Å². The predicted molar refractivity (Wildman–Crippen MR) is 121 cm³/mol. The van der Waals surface area contributed by atoms with E-state index in [0.29, 0.717) is 37.3 Å². The quantitative estimate of drug-likeness (QED) is 0.534. The molecular formula is C24H29N5O3. The van der Waals surface area contributed by atoms with Crippen LogP contribution in [-0.4, -0.2) is 35.7 Å². The normalized spacial score (nSPS) is 20.5. The van der Waals surface area contributed by atoms with E-state index >= 15 is 0 Å². The number of benzene rings is 1. The largest absolute Gasteiger partial charge is 0.481 e. The van der Waals surface area contributed by atoms with Gasteiger partial charge < -0.3 is 20.1 Å². The summed E-state index contributed by atoms with van der Waals surface area (Å²) in [5, 5.41) is 23.8. The van der Waals surface area contributed by atoms with E-state index in [1.165, 1.54) is 0 Å². The summed E-state index contributed by atoms with van der Waals surface area (Å²) in [5.74, 6) is -0.537. The van der Waals surface area contributed by atoms with Crippen LogP contribution in [0.4, 0.5) is 11.6 Å². The average Bonchev–Trinajstić information content (AvgIpc) is 3.25. The molecule has 0 bridgehead atoms. The Morgan fingerprint density at radius 2 is 1.91 bits per heavy atom. The predicted octanol–water partition coefficient (Wildman–Crippen LogP) is 4.12. The number of aryl methyl sites for hydroxylation is 2. The van der Waals surface area contributed by atoms with E-state index in [0.717, 1.165) is 22.6 Å². The number of hydrogen-bond acceptors (Lipinski definition) is 6. The van der Waals surface area contributed by atoms with Crippen molar-refractivity contribution in [3.63, 3.8) is 0 Å². The van der Waals surface area contributed by atoms with Gasteiger partial charge in [-0.05, 0) is 82.2 Å². The molecule has 3 N–H and O–H groups in total. The number of hydrogen-bond donors (Lipinski definition) is 3. The minimum absolute atomic E-state index is 0.0188. The maximum Gasteiger partial charge on any atom is 0.306 e. The van der Waals surface area contributed by atoms with Gasteiger partial charge >= 0.3 is 5.97 Å². The Labute approximate surface area is 187 Å². The van der Waals surface area contributed by atoms with Gasteiger partial charge in [-0.3, -0.25) is 4.79 Å². The lowest BCUT2D eigenvalue weighted by molar-refractivity contribution is -0.144. The first kappa shape index (κ1) is 22.0. The summed E-state index contributed by atoms with van der Waals surface area (Å²) in [6.07, 6.45) is 7.79. The van der Waals surface area contributed by atoms with Crippen molar-refractivity contribution in [1.82, 2.24) is 19.5 Å². The van der Waals surface area contributed by atoms with E-state index in [2.05, 4.69) is 20.3 Å². The molecule has 1 fully saturated rings. The van der Waals surface area contributed by atoms with Gasteiger partial charge in [-0.1, -0.05) is 0 Å². The van der Waals surface area contributed by atoms with Gasteiger partial charge in [0.15, 0.2) is 0 Å². The minimum Gasteiger partial charge on any atom is -0.481 e.